The molecule has 0 bridgehead atoms. The fraction of sp³-hybridized carbons (Fsp3) is 0.640. The number of phosphoric acid groups is 1. The van der Waals surface area contributed by atoms with Gasteiger partial charge in [0.25, 0.3) is 0 Å². The number of carboxylic acid groups (broad SMARTS) is 1. The van der Waals surface area contributed by atoms with Crippen molar-refractivity contribution in [3.8, 4) is 0 Å². The molecule has 0 spiro atoms. The fourth-order valence-electron chi connectivity index (χ4n) is 5.82. The van der Waals surface area contributed by atoms with Crippen molar-refractivity contribution in [3.05, 3.63) is 97.2 Å². The number of hydrogen-bond donors (Lipinski definition) is 3. The lowest BCUT2D eigenvalue weighted by atomic mass is 10.1. The van der Waals surface area contributed by atoms with Crippen LogP contribution in [0.5, 0.6) is 0 Å². The molecule has 0 aromatic carbocycles. The van der Waals surface area contributed by atoms with Crippen molar-refractivity contribution in [1.82, 2.24) is 0 Å². The highest BCUT2D eigenvalue weighted by Crippen LogP contribution is 2.43. The predicted octanol–water partition coefficient (Wildman–Crippen LogP) is 13.3. The standard InChI is InChI=1S/C50H84NO9P/c1-3-5-7-9-11-13-15-17-19-21-23-25-27-29-31-33-35-37-39-41-43-57-44-47(45-58-61(55,56)59-46-48(51)50(53)54)60-49(52)42-40-38-36-34-32-30-28-26-24-22-20-18-16-14-12-10-8-6-4-2/h5-8,11-14,17-20,23-26,47-48H,3-4,9-10,15-16,21-22,27-46,51H2,1-2H3,(H,53,54)(H,55,56)/b7-5-,8-6-,13-11-,14-12-,19-17-,20-18-,25-23-,26-24-. The molecule has 61 heavy (non-hydrogen) atoms. The van der Waals surface area contributed by atoms with Crippen LogP contribution in [0.1, 0.15) is 168 Å². The Morgan fingerprint density at radius 3 is 1.34 bits per heavy atom. The van der Waals surface area contributed by atoms with Gasteiger partial charge in [-0.05, 0) is 89.9 Å². The number of carbonyl (C=O) groups excluding carboxylic acids is 1. The zero-order valence-corrected chi connectivity index (χ0v) is 38.9. The van der Waals surface area contributed by atoms with E-state index in [1.165, 1.54) is 25.7 Å². The summed E-state index contributed by atoms with van der Waals surface area (Å²) in [6.45, 7) is 3.60. The second-order valence-electron chi connectivity index (χ2n) is 15.1. The second kappa shape index (κ2) is 44.9. The van der Waals surface area contributed by atoms with E-state index in [4.69, 9.17) is 29.4 Å². The minimum absolute atomic E-state index is 0.00302. The van der Waals surface area contributed by atoms with Crippen molar-refractivity contribution in [2.45, 2.75) is 180 Å². The Kier molecular flexibility index (Phi) is 42.6. The van der Waals surface area contributed by atoms with Gasteiger partial charge in [0, 0.05) is 13.0 Å². The molecule has 0 aromatic rings. The van der Waals surface area contributed by atoms with Crippen LogP contribution in [0.15, 0.2) is 97.2 Å². The van der Waals surface area contributed by atoms with Crippen molar-refractivity contribution in [2.24, 2.45) is 5.73 Å². The summed E-state index contributed by atoms with van der Waals surface area (Å²) in [5.41, 5.74) is 5.36. The number of rotatable bonds is 43. The number of carboxylic acids is 1. The number of hydrogen-bond acceptors (Lipinski definition) is 8. The molecule has 0 fully saturated rings. The van der Waals surface area contributed by atoms with Gasteiger partial charge in [-0.25, -0.2) is 4.57 Å². The molecule has 0 radical (unpaired) electrons. The van der Waals surface area contributed by atoms with Gasteiger partial charge in [-0.1, -0.05) is 169 Å². The van der Waals surface area contributed by atoms with Gasteiger partial charge >= 0.3 is 19.8 Å². The van der Waals surface area contributed by atoms with Crippen molar-refractivity contribution in [3.63, 3.8) is 0 Å². The van der Waals surface area contributed by atoms with Crippen molar-refractivity contribution >= 4 is 19.8 Å². The van der Waals surface area contributed by atoms with Crippen LogP contribution in [0.3, 0.4) is 0 Å². The molecule has 0 aliphatic heterocycles. The lowest BCUT2D eigenvalue weighted by molar-refractivity contribution is -0.154. The van der Waals surface area contributed by atoms with Crippen molar-refractivity contribution in [1.29, 1.82) is 0 Å². The number of nitrogens with two attached hydrogens (primary N) is 1. The maximum Gasteiger partial charge on any atom is 0.472 e. The first-order chi connectivity index (χ1) is 29.7. The molecular weight excluding hydrogens is 790 g/mol. The number of phosphoric ester groups is 1. The van der Waals surface area contributed by atoms with E-state index in [0.717, 1.165) is 116 Å². The quantitative estimate of drug-likeness (QED) is 0.0233. The van der Waals surface area contributed by atoms with E-state index in [1.807, 2.05) is 0 Å². The minimum atomic E-state index is -4.63. The Morgan fingerprint density at radius 2 is 0.902 bits per heavy atom. The SMILES string of the molecule is CC/C=C\C/C=C\C/C=C\C/C=C\CCCCCCCCCOCC(COP(=O)(O)OCC(N)C(=O)O)OC(=O)CCCCCCCC/C=C\C/C=C\C/C=C\C/C=C\CC. The Balaban J connectivity index is 4.27. The highest BCUT2D eigenvalue weighted by molar-refractivity contribution is 7.47. The Hall–Kier alpha value is -3.11. The zero-order chi connectivity index (χ0) is 44.8. The molecule has 0 aliphatic carbocycles. The van der Waals surface area contributed by atoms with E-state index in [0.29, 0.717) is 13.0 Å². The van der Waals surface area contributed by atoms with E-state index in [-0.39, 0.29) is 13.0 Å². The molecule has 11 heteroatoms. The largest absolute Gasteiger partial charge is 0.480 e. The van der Waals surface area contributed by atoms with Gasteiger partial charge < -0.3 is 25.2 Å². The Morgan fingerprint density at radius 1 is 0.525 bits per heavy atom. The summed E-state index contributed by atoms with van der Waals surface area (Å²) in [6.07, 6.45) is 58.8. The number of aliphatic carboxylic acids is 1. The van der Waals surface area contributed by atoms with E-state index in [2.05, 4.69) is 111 Å². The first kappa shape index (κ1) is 57.9. The molecule has 10 nitrogen and oxygen atoms in total. The minimum Gasteiger partial charge on any atom is -0.480 e. The van der Waals surface area contributed by atoms with Gasteiger partial charge in [-0.2, -0.15) is 0 Å². The monoisotopic (exact) mass is 874 g/mol. The van der Waals surface area contributed by atoms with Gasteiger partial charge in [0.15, 0.2) is 0 Å². The molecule has 0 heterocycles. The van der Waals surface area contributed by atoms with Crippen LogP contribution >= 0.6 is 7.82 Å². The average molecular weight is 874 g/mol. The highest BCUT2D eigenvalue weighted by atomic mass is 31.2. The Labute approximate surface area is 370 Å². The van der Waals surface area contributed by atoms with Gasteiger partial charge in [0.2, 0.25) is 0 Å². The topological polar surface area (TPSA) is 155 Å². The molecular formula is C50H84NO9P. The van der Waals surface area contributed by atoms with Crippen LogP contribution < -0.4 is 5.73 Å². The molecule has 0 rings (SSSR count). The zero-order valence-electron chi connectivity index (χ0n) is 38.0. The average Bonchev–Trinajstić information content (AvgIpc) is 3.24. The van der Waals surface area contributed by atoms with E-state index < -0.39 is 45.1 Å². The number of carbonyl (C=O) groups is 2. The summed E-state index contributed by atoms with van der Waals surface area (Å²) < 4.78 is 33.4. The number of allylic oxidation sites excluding steroid dienone is 16. The molecule has 0 saturated carbocycles. The smallest absolute Gasteiger partial charge is 0.472 e. The predicted molar refractivity (Wildman–Crippen MR) is 253 cm³/mol. The Bertz CT molecular complexity index is 1330. The van der Waals surface area contributed by atoms with E-state index >= 15 is 0 Å². The molecule has 348 valence electrons. The van der Waals surface area contributed by atoms with Crippen LogP contribution in [-0.2, 0) is 32.7 Å². The van der Waals surface area contributed by atoms with E-state index in [9.17, 15) is 19.0 Å². The molecule has 3 unspecified atom stereocenters. The lowest BCUT2D eigenvalue weighted by Gasteiger charge is -2.20. The first-order valence-electron chi connectivity index (χ1n) is 23.3. The maximum atomic E-state index is 12.7. The van der Waals surface area contributed by atoms with Crippen molar-refractivity contribution < 1.29 is 42.7 Å². The summed E-state index contributed by atoms with van der Waals surface area (Å²) in [5, 5.41) is 8.91. The molecule has 4 N–H and O–H groups in total. The van der Waals surface area contributed by atoms with Gasteiger partial charge in [0.1, 0.15) is 12.1 Å². The molecule has 3 atom stereocenters. The third-order valence-corrected chi connectivity index (χ3v) is 10.3. The number of esters is 1. The number of ether oxygens (including phenoxy) is 2. The third kappa shape index (κ3) is 44.7. The van der Waals surface area contributed by atoms with Crippen molar-refractivity contribution in [2.75, 3.05) is 26.4 Å². The third-order valence-electron chi connectivity index (χ3n) is 9.36. The molecule has 0 aromatic heterocycles. The van der Waals surface area contributed by atoms with E-state index in [1.54, 1.807) is 0 Å². The molecule has 0 aliphatic rings. The summed E-state index contributed by atoms with van der Waals surface area (Å²) in [4.78, 5) is 33.6. The number of unbranched alkanes of at least 4 members (excludes halogenated alkanes) is 13. The fourth-order valence-corrected chi connectivity index (χ4v) is 6.60. The van der Waals surface area contributed by atoms with Crippen LogP contribution in [-0.4, -0.2) is 60.5 Å². The normalized spacial score (nSPS) is 14.7. The van der Waals surface area contributed by atoms with Crippen LogP contribution in [0.25, 0.3) is 0 Å². The maximum absolute atomic E-state index is 12.7. The summed E-state index contributed by atoms with van der Waals surface area (Å²) in [7, 11) is -4.63. The first-order valence-corrected chi connectivity index (χ1v) is 24.8. The highest BCUT2D eigenvalue weighted by Gasteiger charge is 2.27. The molecule has 0 amide bonds. The van der Waals surface area contributed by atoms with Gasteiger partial charge in [0.05, 0.1) is 19.8 Å². The lowest BCUT2D eigenvalue weighted by Crippen LogP contribution is -2.34. The summed E-state index contributed by atoms with van der Waals surface area (Å²) in [6, 6.07) is -1.48. The van der Waals surface area contributed by atoms with Crippen LogP contribution in [0.4, 0.5) is 0 Å². The van der Waals surface area contributed by atoms with Gasteiger partial charge in [-0.15, -0.1) is 0 Å². The summed E-state index contributed by atoms with van der Waals surface area (Å²) >= 11 is 0. The van der Waals surface area contributed by atoms with Crippen LogP contribution in [0.2, 0.25) is 0 Å². The summed E-state index contributed by atoms with van der Waals surface area (Å²) in [5.74, 6) is -1.81. The van der Waals surface area contributed by atoms with Gasteiger partial charge in [-0.3, -0.25) is 18.6 Å². The van der Waals surface area contributed by atoms with Crippen LogP contribution in [0, 0.1) is 0 Å². The molecule has 0 saturated heterocycles. The second-order valence-corrected chi connectivity index (χ2v) is 16.6.